The first kappa shape index (κ1) is 13.9. The van der Waals surface area contributed by atoms with Crippen molar-refractivity contribution >= 4 is 15.9 Å². The summed E-state index contributed by atoms with van der Waals surface area (Å²) in [5.74, 6) is -3.56. The Kier molecular flexibility index (Phi) is 3.58. The topological polar surface area (TPSA) is 37.8 Å². The molecule has 2 rings (SSSR count). The quantitative estimate of drug-likeness (QED) is 0.839. The van der Waals surface area contributed by atoms with Gasteiger partial charge in [0.15, 0.2) is 17.5 Å². The van der Waals surface area contributed by atoms with Gasteiger partial charge in [0.1, 0.15) is 10.2 Å². The number of hydrogen-bond donors (Lipinski definition) is 1. The van der Waals surface area contributed by atoms with Gasteiger partial charge in [-0.25, -0.2) is 17.9 Å². The summed E-state index contributed by atoms with van der Waals surface area (Å²) in [6.45, 7) is 3.67. The van der Waals surface area contributed by atoms with E-state index in [1.54, 1.807) is 0 Å². The zero-order valence-corrected chi connectivity index (χ0v) is 11.7. The number of benzene rings is 1. The summed E-state index contributed by atoms with van der Waals surface area (Å²) in [6.07, 6.45) is 0. The summed E-state index contributed by atoms with van der Waals surface area (Å²) in [6, 6.07) is 1.04. The molecule has 7 heteroatoms. The molecule has 102 valence electrons. The molecule has 0 saturated heterocycles. The SMILES string of the molecule is CC(C)c1[nH]n(-c2cc(F)c(F)cc2F)c(=O)c1Br. The van der Waals surface area contributed by atoms with Gasteiger partial charge in [0.25, 0.3) is 5.56 Å². The highest BCUT2D eigenvalue weighted by atomic mass is 79.9. The van der Waals surface area contributed by atoms with Crippen molar-refractivity contribution in [3.05, 3.63) is 50.1 Å². The first-order valence-corrected chi connectivity index (χ1v) is 6.27. The van der Waals surface area contributed by atoms with Crippen LogP contribution in [0, 0.1) is 17.5 Å². The van der Waals surface area contributed by atoms with Gasteiger partial charge in [-0.05, 0) is 21.8 Å². The van der Waals surface area contributed by atoms with E-state index in [2.05, 4.69) is 21.0 Å². The second-order valence-corrected chi connectivity index (χ2v) is 5.15. The molecule has 0 spiro atoms. The van der Waals surface area contributed by atoms with E-state index in [9.17, 15) is 18.0 Å². The van der Waals surface area contributed by atoms with Crippen LogP contribution in [0.25, 0.3) is 5.69 Å². The number of hydrogen-bond acceptors (Lipinski definition) is 1. The van der Waals surface area contributed by atoms with Crippen molar-refractivity contribution in [3.8, 4) is 5.69 Å². The van der Waals surface area contributed by atoms with Crippen LogP contribution >= 0.6 is 15.9 Å². The second-order valence-electron chi connectivity index (χ2n) is 4.35. The van der Waals surface area contributed by atoms with E-state index in [4.69, 9.17) is 0 Å². The fraction of sp³-hybridized carbons (Fsp3) is 0.250. The molecule has 0 unspecified atom stereocenters. The molecule has 1 aromatic heterocycles. The van der Waals surface area contributed by atoms with Gasteiger partial charge in [0.2, 0.25) is 0 Å². The van der Waals surface area contributed by atoms with E-state index >= 15 is 0 Å². The maximum atomic E-state index is 13.6. The fourth-order valence-corrected chi connectivity index (χ4v) is 2.39. The predicted octanol–water partition coefficient (Wildman–Crippen LogP) is 3.47. The van der Waals surface area contributed by atoms with E-state index < -0.39 is 23.0 Å². The average Bonchev–Trinajstić information content (AvgIpc) is 2.62. The standard InChI is InChI=1S/C12H10BrF3N2O/c1-5(2)11-10(13)12(19)18(17-11)9-4-7(15)6(14)3-8(9)16/h3-5,17H,1-2H3. The van der Waals surface area contributed by atoms with Crippen LogP contribution in [0.1, 0.15) is 25.5 Å². The second kappa shape index (κ2) is 4.88. The lowest BCUT2D eigenvalue weighted by atomic mass is 10.1. The molecule has 0 aliphatic carbocycles. The van der Waals surface area contributed by atoms with Crippen molar-refractivity contribution in [2.45, 2.75) is 19.8 Å². The van der Waals surface area contributed by atoms with Crippen molar-refractivity contribution in [2.75, 3.05) is 0 Å². The van der Waals surface area contributed by atoms with Gasteiger partial charge in [0.05, 0.1) is 5.69 Å². The van der Waals surface area contributed by atoms with E-state index in [-0.39, 0.29) is 16.1 Å². The van der Waals surface area contributed by atoms with Gasteiger partial charge in [-0.15, -0.1) is 0 Å². The highest BCUT2D eigenvalue weighted by Crippen LogP contribution is 2.22. The fourth-order valence-electron chi connectivity index (χ4n) is 1.67. The van der Waals surface area contributed by atoms with Crippen LogP contribution in [0.15, 0.2) is 21.4 Å². The third-order valence-corrected chi connectivity index (χ3v) is 3.43. The van der Waals surface area contributed by atoms with Crippen LogP contribution in [0.3, 0.4) is 0 Å². The monoisotopic (exact) mass is 334 g/mol. The zero-order chi connectivity index (χ0) is 14.3. The van der Waals surface area contributed by atoms with Crippen LogP contribution in [-0.4, -0.2) is 9.78 Å². The van der Waals surface area contributed by atoms with Gasteiger partial charge in [-0.3, -0.25) is 9.89 Å². The number of nitrogens with one attached hydrogen (secondary N) is 1. The third-order valence-electron chi connectivity index (χ3n) is 2.67. The van der Waals surface area contributed by atoms with Crippen LogP contribution in [0.5, 0.6) is 0 Å². The molecule has 0 atom stereocenters. The number of aromatic amines is 1. The lowest BCUT2D eigenvalue weighted by Gasteiger charge is -2.05. The average molecular weight is 335 g/mol. The molecule has 1 aromatic carbocycles. The molecule has 0 aliphatic rings. The Morgan fingerprint density at radius 2 is 1.74 bits per heavy atom. The van der Waals surface area contributed by atoms with E-state index in [0.717, 1.165) is 4.68 Å². The summed E-state index contributed by atoms with van der Waals surface area (Å²) in [5.41, 5.74) is -0.376. The Hall–Kier alpha value is -1.50. The Balaban J connectivity index is 2.70. The van der Waals surface area contributed by atoms with Crippen molar-refractivity contribution < 1.29 is 13.2 Å². The molecule has 2 aromatic rings. The Labute approximate surface area is 115 Å². The lowest BCUT2D eigenvalue weighted by Crippen LogP contribution is -2.16. The van der Waals surface area contributed by atoms with Gasteiger partial charge in [-0.2, -0.15) is 0 Å². The number of rotatable bonds is 2. The van der Waals surface area contributed by atoms with Crippen molar-refractivity contribution in [1.29, 1.82) is 0 Å². The molecular weight excluding hydrogens is 325 g/mol. The number of nitrogens with zero attached hydrogens (tertiary/aromatic N) is 1. The minimum atomic E-state index is -1.30. The Bertz CT molecular complexity index is 691. The molecule has 1 heterocycles. The Morgan fingerprint density at radius 3 is 2.26 bits per heavy atom. The minimum Gasteiger partial charge on any atom is -0.293 e. The van der Waals surface area contributed by atoms with Gasteiger partial charge in [0, 0.05) is 12.1 Å². The van der Waals surface area contributed by atoms with E-state index in [1.165, 1.54) is 0 Å². The molecule has 0 bridgehead atoms. The first-order chi connectivity index (χ1) is 8.82. The lowest BCUT2D eigenvalue weighted by molar-refractivity contribution is 0.491. The third kappa shape index (κ3) is 2.34. The normalized spacial score (nSPS) is 11.3. The summed E-state index contributed by atoms with van der Waals surface area (Å²) in [4.78, 5) is 11.9. The van der Waals surface area contributed by atoms with Gasteiger partial charge >= 0.3 is 0 Å². The number of halogens is 4. The minimum absolute atomic E-state index is 0.0170. The summed E-state index contributed by atoms with van der Waals surface area (Å²) >= 11 is 3.10. The Morgan fingerprint density at radius 1 is 1.16 bits per heavy atom. The maximum Gasteiger partial charge on any atom is 0.285 e. The van der Waals surface area contributed by atoms with Gasteiger partial charge < -0.3 is 0 Å². The highest BCUT2D eigenvalue weighted by molar-refractivity contribution is 9.10. The molecule has 0 radical (unpaired) electrons. The van der Waals surface area contributed by atoms with Gasteiger partial charge in [-0.1, -0.05) is 13.8 Å². The molecule has 0 aliphatic heterocycles. The molecule has 1 N–H and O–H groups in total. The van der Waals surface area contributed by atoms with Crippen LogP contribution in [0.2, 0.25) is 0 Å². The highest BCUT2D eigenvalue weighted by Gasteiger charge is 2.19. The number of H-pyrrole nitrogens is 1. The van der Waals surface area contributed by atoms with Crippen molar-refractivity contribution in [2.24, 2.45) is 0 Å². The maximum absolute atomic E-state index is 13.6. The largest absolute Gasteiger partial charge is 0.293 e. The molecular formula is C12H10BrF3N2O. The summed E-state index contributed by atoms with van der Waals surface area (Å²) in [7, 11) is 0. The zero-order valence-electron chi connectivity index (χ0n) is 10.1. The van der Waals surface area contributed by atoms with Crippen LogP contribution in [0.4, 0.5) is 13.2 Å². The molecule has 0 amide bonds. The van der Waals surface area contributed by atoms with E-state index in [1.807, 2.05) is 13.8 Å². The summed E-state index contributed by atoms with van der Waals surface area (Å²) in [5, 5.41) is 2.68. The van der Waals surface area contributed by atoms with Crippen molar-refractivity contribution in [1.82, 2.24) is 9.78 Å². The molecule has 0 fully saturated rings. The number of aromatic nitrogens is 2. The molecule has 0 saturated carbocycles. The smallest absolute Gasteiger partial charge is 0.285 e. The van der Waals surface area contributed by atoms with Crippen molar-refractivity contribution in [3.63, 3.8) is 0 Å². The first-order valence-electron chi connectivity index (χ1n) is 5.48. The molecule has 3 nitrogen and oxygen atoms in total. The van der Waals surface area contributed by atoms with E-state index in [0.29, 0.717) is 17.8 Å². The van der Waals surface area contributed by atoms with Crippen LogP contribution < -0.4 is 5.56 Å². The molecule has 19 heavy (non-hydrogen) atoms. The summed E-state index contributed by atoms with van der Waals surface area (Å²) < 4.78 is 40.7. The van der Waals surface area contributed by atoms with Crippen LogP contribution in [-0.2, 0) is 0 Å². The predicted molar refractivity (Wildman–Crippen MR) is 68.1 cm³/mol.